The van der Waals surface area contributed by atoms with Crippen molar-refractivity contribution in [3.63, 3.8) is 0 Å². The van der Waals surface area contributed by atoms with E-state index in [4.69, 9.17) is 0 Å². The van der Waals surface area contributed by atoms with Crippen LogP contribution in [-0.2, 0) is 11.0 Å². The van der Waals surface area contributed by atoms with Gasteiger partial charge in [0, 0.05) is 13.5 Å². The third-order valence-corrected chi connectivity index (χ3v) is 3.54. The van der Waals surface area contributed by atoms with E-state index in [1.807, 2.05) is 0 Å². The second-order valence-electron chi connectivity index (χ2n) is 4.91. The van der Waals surface area contributed by atoms with Gasteiger partial charge < -0.3 is 5.32 Å². The minimum absolute atomic E-state index is 0.119. The number of rotatable bonds is 4. The largest absolute Gasteiger partial charge is 0.416 e. The van der Waals surface area contributed by atoms with E-state index < -0.39 is 11.7 Å². The van der Waals surface area contributed by atoms with Gasteiger partial charge in [0.1, 0.15) is 0 Å². The van der Waals surface area contributed by atoms with Crippen LogP contribution in [0.25, 0.3) is 0 Å². The topological polar surface area (TPSA) is 29.1 Å². The summed E-state index contributed by atoms with van der Waals surface area (Å²) in [5.41, 5.74) is -0.364. The summed E-state index contributed by atoms with van der Waals surface area (Å²) < 4.78 is 39.0. The fourth-order valence-electron chi connectivity index (χ4n) is 2.41. The molecule has 1 saturated carbocycles. The van der Waals surface area contributed by atoms with Gasteiger partial charge in [0.25, 0.3) is 0 Å². The fraction of sp³-hybridized carbons (Fsp3) is 0.500. The van der Waals surface area contributed by atoms with Crippen LogP contribution < -0.4 is 5.32 Å². The molecule has 104 valence electrons. The van der Waals surface area contributed by atoms with Crippen LogP contribution in [0.3, 0.4) is 0 Å². The van der Waals surface area contributed by atoms with Gasteiger partial charge in [0.15, 0.2) is 0 Å². The van der Waals surface area contributed by atoms with Crippen molar-refractivity contribution >= 4 is 5.91 Å². The number of alkyl halides is 3. The highest BCUT2D eigenvalue weighted by molar-refractivity contribution is 5.76. The highest BCUT2D eigenvalue weighted by Crippen LogP contribution is 2.47. The Morgan fingerprint density at radius 1 is 1.37 bits per heavy atom. The van der Waals surface area contributed by atoms with Crippen molar-refractivity contribution in [3.05, 3.63) is 35.4 Å². The molecule has 19 heavy (non-hydrogen) atoms. The molecule has 2 rings (SSSR count). The zero-order valence-electron chi connectivity index (χ0n) is 10.6. The standard InChI is InChI=1S/C14H16F3NO/c1-18-13(19)8-11(9-6-7-9)10-4-2-3-5-12(10)14(15,16)17/h2-5,9,11H,6-8H2,1H3,(H,18,19). The smallest absolute Gasteiger partial charge is 0.359 e. The molecule has 1 fully saturated rings. The number of nitrogens with one attached hydrogen (secondary N) is 1. The van der Waals surface area contributed by atoms with E-state index in [2.05, 4.69) is 5.32 Å². The van der Waals surface area contributed by atoms with Crippen molar-refractivity contribution in [2.24, 2.45) is 5.92 Å². The molecule has 1 atom stereocenters. The first-order valence-electron chi connectivity index (χ1n) is 6.30. The number of amides is 1. The normalized spacial score (nSPS) is 17.1. The molecular weight excluding hydrogens is 255 g/mol. The lowest BCUT2D eigenvalue weighted by atomic mass is 9.87. The van der Waals surface area contributed by atoms with Gasteiger partial charge in [-0.3, -0.25) is 4.79 Å². The van der Waals surface area contributed by atoms with Crippen LogP contribution in [0.2, 0.25) is 0 Å². The zero-order valence-corrected chi connectivity index (χ0v) is 10.6. The molecule has 2 nitrogen and oxygen atoms in total. The summed E-state index contributed by atoms with van der Waals surface area (Å²) in [6.07, 6.45) is -2.46. The van der Waals surface area contributed by atoms with Crippen LogP contribution in [0.5, 0.6) is 0 Å². The molecule has 1 unspecified atom stereocenters. The first-order chi connectivity index (χ1) is 8.93. The monoisotopic (exact) mass is 271 g/mol. The van der Waals surface area contributed by atoms with Gasteiger partial charge in [0.05, 0.1) is 5.56 Å². The predicted octanol–water partition coefficient (Wildman–Crippen LogP) is 3.34. The van der Waals surface area contributed by atoms with E-state index in [1.54, 1.807) is 6.07 Å². The molecule has 0 bridgehead atoms. The van der Waals surface area contributed by atoms with E-state index in [0.29, 0.717) is 0 Å². The predicted molar refractivity (Wildman–Crippen MR) is 65.6 cm³/mol. The summed E-state index contributed by atoms with van der Waals surface area (Å²) in [5.74, 6) is -0.354. The molecule has 1 amide bonds. The first kappa shape index (κ1) is 13.9. The summed E-state index contributed by atoms with van der Waals surface area (Å²) >= 11 is 0. The number of hydrogen-bond acceptors (Lipinski definition) is 1. The minimum atomic E-state index is -4.37. The average Bonchev–Trinajstić information content (AvgIpc) is 3.19. The van der Waals surface area contributed by atoms with E-state index in [0.717, 1.165) is 18.9 Å². The van der Waals surface area contributed by atoms with Crippen molar-refractivity contribution in [2.75, 3.05) is 7.05 Å². The summed E-state index contributed by atoms with van der Waals surface area (Å²) in [6.45, 7) is 0. The van der Waals surface area contributed by atoms with E-state index in [1.165, 1.54) is 19.2 Å². The van der Waals surface area contributed by atoms with Crippen LogP contribution >= 0.6 is 0 Å². The Morgan fingerprint density at radius 3 is 2.53 bits per heavy atom. The van der Waals surface area contributed by atoms with Gasteiger partial charge in [0.2, 0.25) is 5.91 Å². The number of carbonyl (C=O) groups excluding carboxylic acids is 1. The summed E-state index contributed by atoms with van der Waals surface area (Å²) in [7, 11) is 1.50. The maximum atomic E-state index is 13.0. The van der Waals surface area contributed by atoms with Crippen LogP contribution in [-0.4, -0.2) is 13.0 Å². The van der Waals surface area contributed by atoms with Gasteiger partial charge in [-0.25, -0.2) is 0 Å². The van der Waals surface area contributed by atoms with Gasteiger partial charge in [-0.05, 0) is 36.3 Å². The molecule has 0 aliphatic heterocycles. The lowest BCUT2D eigenvalue weighted by molar-refractivity contribution is -0.138. The van der Waals surface area contributed by atoms with Crippen LogP contribution in [0.4, 0.5) is 13.2 Å². The number of halogens is 3. The Morgan fingerprint density at radius 2 is 2.00 bits per heavy atom. The summed E-state index contributed by atoms with van der Waals surface area (Å²) in [5, 5.41) is 2.49. The molecule has 5 heteroatoms. The number of hydrogen-bond donors (Lipinski definition) is 1. The average molecular weight is 271 g/mol. The molecule has 0 spiro atoms. The molecule has 1 aliphatic rings. The lowest BCUT2D eigenvalue weighted by Crippen LogP contribution is -2.23. The van der Waals surface area contributed by atoms with E-state index in [9.17, 15) is 18.0 Å². The Balaban J connectivity index is 2.34. The fourth-order valence-corrected chi connectivity index (χ4v) is 2.41. The van der Waals surface area contributed by atoms with Gasteiger partial charge in [-0.2, -0.15) is 13.2 Å². The molecular formula is C14H16F3NO. The third-order valence-electron chi connectivity index (χ3n) is 3.54. The van der Waals surface area contributed by atoms with Crippen molar-refractivity contribution < 1.29 is 18.0 Å². The quantitative estimate of drug-likeness (QED) is 0.894. The van der Waals surface area contributed by atoms with Gasteiger partial charge in [-0.15, -0.1) is 0 Å². The van der Waals surface area contributed by atoms with E-state index in [-0.39, 0.29) is 29.7 Å². The van der Waals surface area contributed by atoms with E-state index >= 15 is 0 Å². The van der Waals surface area contributed by atoms with Crippen LogP contribution in [0.1, 0.15) is 36.3 Å². The lowest BCUT2D eigenvalue weighted by Gasteiger charge is -2.21. The number of benzene rings is 1. The molecule has 1 N–H and O–H groups in total. The van der Waals surface area contributed by atoms with Gasteiger partial charge in [-0.1, -0.05) is 18.2 Å². The van der Waals surface area contributed by atoms with Crippen LogP contribution in [0.15, 0.2) is 24.3 Å². The molecule has 0 radical (unpaired) electrons. The molecule has 0 aromatic heterocycles. The van der Waals surface area contributed by atoms with Crippen molar-refractivity contribution in [1.29, 1.82) is 0 Å². The Bertz CT molecular complexity index is 466. The molecule has 1 aromatic carbocycles. The second-order valence-corrected chi connectivity index (χ2v) is 4.91. The van der Waals surface area contributed by atoms with Crippen molar-refractivity contribution in [1.82, 2.24) is 5.32 Å². The Hall–Kier alpha value is -1.52. The third kappa shape index (κ3) is 3.28. The molecule has 1 aliphatic carbocycles. The molecule has 0 saturated heterocycles. The molecule has 1 aromatic rings. The Labute approximate surface area is 110 Å². The van der Waals surface area contributed by atoms with Crippen molar-refractivity contribution in [2.45, 2.75) is 31.4 Å². The zero-order chi connectivity index (χ0) is 14.0. The van der Waals surface area contributed by atoms with Crippen molar-refractivity contribution in [3.8, 4) is 0 Å². The summed E-state index contributed by atoms with van der Waals surface area (Å²) in [4.78, 5) is 11.5. The Kier molecular flexibility index (Phi) is 3.83. The maximum Gasteiger partial charge on any atom is 0.416 e. The second kappa shape index (κ2) is 5.23. The highest BCUT2D eigenvalue weighted by Gasteiger charge is 2.40. The highest BCUT2D eigenvalue weighted by atomic mass is 19.4. The number of carbonyl (C=O) groups is 1. The maximum absolute atomic E-state index is 13.0. The minimum Gasteiger partial charge on any atom is -0.359 e. The SMILES string of the molecule is CNC(=O)CC(c1ccccc1C(F)(F)F)C1CC1. The molecule has 0 heterocycles. The van der Waals surface area contributed by atoms with Gasteiger partial charge >= 0.3 is 6.18 Å². The van der Waals surface area contributed by atoms with Crippen LogP contribution in [0, 0.1) is 5.92 Å². The first-order valence-corrected chi connectivity index (χ1v) is 6.30. The summed E-state index contributed by atoms with van der Waals surface area (Å²) in [6, 6.07) is 5.57.